The fraction of sp³-hybridized carbons (Fsp3) is 0.0500. The van der Waals surface area contributed by atoms with Gasteiger partial charge in [-0.2, -0.15) is 5.10 Å². The van der Waals surface area contributed by atoms with Gasteiger partial charge in [0.1, 0.15) is 35.8 Å². The minimum absolute atomic E-state index is 0.417. The molecule has 0 amide bonds. The van der Waals surface area contributed by atoms with Crippen LogP contribution in [0, 0.1) is 6.92 Å². The van der Waals surface area contributed by atoms with Crippen molar-refractivity contribution in [3.63, 3.8) is 0 Å². The van der Waals surface area contributed by atoms with E-state index in [1.165, 1.54) is 12.7 Å². The molecule has 0 aliphatic carbocycles. The van der Waals surface area contributed by atoms with Gasteiger partial charge in [-0.15, -0.1) is 0 Å². The molecule has 4 heterocycles. The lowest BCUT2D eigenvalue weighted by atomic mass is 10.2. The number of nitrogens with zero attached hydrogens (tertiary/aromatic N) is 6. The van der Waals surface area contributed by atoms with E-state index in [2.05, 4.69) is 30.4 Å². The van der Waals surface area contributed by atoms with E-state index in [-0.39, 0.29) is 0 Å². The molecular weight excluding hydrogens is 368 g/mol. The highest BCUT2D eigenvalue weighted by Gasteiger charge is 2.08. The van der Waals surface area contributed by atoms with E-state index in [4.69, 9.17) is 10.5 Å². The summed E-state index contributed by atoms with van der Waals surface area (Å²) in [5.41, 5.74) is 9.10. The van der Waals surface area contributed by atoms with E-state index in [0.717, 1.165) is 33.6 Å². The molecule has 142 valence electrons. The lowest BCUT2D eigenvalue weighted by molar-refractivity contribution is 0.478. The van der Waals surface area contributed by atoms with Crippen LogP contribution < -0.4 is 15.8 Å². The molecule has 3 N–H and O–H groups in total. The van der Waals surface area contributed by atoms with Crippen LogP contribution in [0.3, 0.4) is 0 Å². The number of pyridine rings is 2. The van der Waals surface area contributed by atoms with Crippen LogP contribution in [0.2, 0.25) is 0 Å². The second kappa shape index (κ2) is 6.71. The topological polar surface area (TPSA) is 116 Å². The van der Waals surface area contributed by atoms with Crippen LogP contribution in [0.1, 0.15) is 5.56 Å². The summed E-state index contributed by atoms with van der Waals surface area (Å²) in [6.07, 6.45) is 6.44. The van der Waals surface area contributed by atoms with Crippen molar-refractivity contribution in [3.05, 3.63) is 67.0 Å². The zero-order valence-electron chi connectivity index (χ0n) is 15.4. The fourth-order valence-electron chi connectivity index (χ4n) is 3.04. The highest BCUT2D eigenvalue weighted by Crippen LogP contribution is 2.30. The van der Waals surface area contributed by atoms with E-state index in [1.807, 2.05) is 43.5 Å². The number of aryl methyl sites for hydroxylation is 1. The molecule has 4 aromatic heterocycles. The third-order valence-corrected chi connectivity index (χ3v) is 4.46. The van der Waals surface area contributed by atoms with Crippen LogP contribution in [-0.4, -0.2) is 29.5 Å². The first kappa shape index (κ1) is 16.9. The van der Waals surface area contributed by atoms with Crippen LogP contribution in [0.25, 0.3) is 16.6 Å². The molecule has 29 heavy (non-hydrogen) atoms. The van der Waals surface area contributed by atoms with Crippen molar-refractivity contribution in [2.24, 2.45) is 0 Å². The molecule has 9 heteroatoms. The van der Waals surface area contributed by atoms with Crippen molar-refractivity contribution < 1.29 is 4.74 Å². The van der Waals surface area contributed by atoms with Crippen LogP contribution in [0.15, 0.2) is 61.4 Å². The zero-order chi connectivity index (χ0) is 19.8. The van der Waals surface area contributed by atoms with Crippen molar-refractivity contribution in [1.82, 2.24) is 29.5 Å². The molecule has 9 nitrogen and oxygen atoms in total. The Balaban J connectivity index is 1.42. The zero-order valence-corrected chi connectivity index (χ0v) is 15.4. The number of nitrogens with one attached hydrogen (secondary N) is 1. The Hall–Kier alpha value is -4.27. The first-order chi connectivity index (χ1) is 14.2. The molecule has 5 aromatic rings. The van der Waals surface area contributed by atoms with Crippen LogP contribution in [0.4, 0.5) is 17.3 Å². The summed E-state index contributed by atoms with van der Waals surface area (Å²) in [4.78, 5) is 16.8. The van der Waals surface area contributed by atoms with E-state index in [0.29, 0.717) is 17.4 Å². The van der Waals surface area contributed by atoms with Gasteiger partial charge in [0.15, 0.2) is 5.65 Å². The smallest absolute Gasteiger partial charge is 0.158 e. The summed E-state index contributed by atoms with van der Waals surface area (Å²) in [6.45, 7) is 1.98. The lowest BCUT2D eigenvalue weighted by Crippen LogP contribution is -1.99. The summed E-state index contributed by atoms with van der Waals surface area (Å²) in [5, 5.41) is 8.20. The Morgan fingerprint density at radius 2 is 1.93 bits per heavy atom. The lowest BCUT2D eigenvalue weighted by Gasteiger charge is -2.12. The minimum Gasteiger partial charge on any atom is -0.457 e. The second-order valence-electron chi connectivity index (χ2n) is 6.48. The molecule has 1 aromatic carbocycles. The van der Waals surface area contributed by atoms with Crippen molar-refractivity contribution in [2.75, 3.05) is 11.1 Å². The number of ether oxygens (including phenoxy) is 1. The number of nitrogens with two attached hydrogens (primary N) is 1. The van der Waals surface area contributed by atoms with E-state index >= 15 is 0 Å². The van der Waals surface area contributed by atoms with Crippen molar-refractivity contribution in [2.45, 2.75) is 6.92 Å². The number of benzene rings is 1. The number of rotatable bonds is 4. The molecule has 0 aliphatic rings. The third kappa shape index (κ3) is 3.25. The Labute approximate surface area is 165 Å². The molecule has 0 unspecified atom stereocenters. The first-order valence-electron chi connectivity index (χ1n) is 8.87. The van der Waals surface area contributed by atoms with Gasteiger partial charge in [0.05, 0.1) is 11.7 Å². The van der Waals surface area contributed by atoms with Gasteiger partial charge in [0.25, 0.3) is 0 Å². The minimum atomic E-state index is 0.417. The summed E-state index contributed by atoms with van der Waals surface area (Å²) < 4.78 is 7.70. The highest BCUT2D eigenvalue weighted by molar-refractivity contribution is 5.91. The Bertz CT molecular complexity index is 1350. The van der Waals surface area contributed by atoms with Gasteiger partial charge in [-0.3, -0.25) is 0 Å². The number of anilines is 3. The standard InChI is InChI=1S/C20H16N8O/c1-12-6-13(27-20-15-8-18(21)22-9-16(15)23-10-25-20)2-3-17(12)29-14-4-5-28-19(7-14)24-11-26-28/h2-11H,1H3,(H2,21,22)(H,23,25,27). The molecule has 0 saturated carbocycles. The van der Waals surface area contributed by atoms with Crippen LogP contribution in [-0.2, 0) is 0 Å². The summed E-state index contributed by atoms with van der Waals surface area (Å²) in [7, 11) is 0. The summed E-state index contributed by atoms with van der Waals surface area (Å²) >= 11 is 0. The average molecular weight is 384 g/mol. The van der Waals surface area contributed by atoms with Crippen molar-refractivity contribution >= 4 is 33.9 Å². The summed E-state index contributed by atoms with van der Waals surface area (Å²) in [5.74, 6) is 2.52. The van der Waals surface area contributed by atoms with Crippen LogP contribution >= 0.6 is 0 Å². The number of nitrogen functional groups attached to an aromatic ring is 1. The second-order valence-corrected chi connectivity index (χ2v) is 6.48. The van der Waals surface area contributed by atoms with Gasteiger partial charge < -0.3 is 15.8 Å². The summed E-state index contributed by atoms with van der Waals surface area (Å²) in [6, 6.07) is 11.3. The fourth-order valence-corrected chi connectivity index (χ4v) is 3.04. The maximum Gasteiger partial charge on any atom is 0.158 e. The SMILES string of the molecule is Cc1cc(Nc2ncnc3cnc(N)cc23)ccc1Oc1ccn2ncnc2c1. The van der Waals surface area contributed by atoms with Crippen molar-refractivity contribution in [1.29, 1.82) is 0 Å². The average Bonchev–Trinajstić information content (AvgIpc) is 3.18. The van der Waals surface area contributed by atoms with Crippen molar-refractivity contribution in [3.8, 4) is 11.5 Å². The molecule has 0 bridgehead atoms. The number of fused-ring (bicyclic) bond motifs is 2. The maximum atomic E-state index is 6.02. The van der Waals surface area contributed by atoms with E-state index in [1.54, 1.807) is 16.8 Å². The van der Waals surface area contributed by atoms with Gasteiger partial charge in [0, 0.05) is 23.3 Å². The molecule has 0 fully saturated rings. The largest absolute Gasteiger partial charge is 0.457 e. The van der Waals surface area contributed by atoms with Gasteiger partial charge in [-0.1, -0.05) is 0 Å². The molecule has 0 saturated heterocycles. The number of hydrogen-bond acceptors (Lipinski definition) is 8. The molecule has 0 atom stereocenters. The first-order valence-corrected chi connectivity index (χ1v) is 8.87. The Morgan fingerprint density at radius 3 is 2.83 bits per heavy atom. The monoisotopic (exact) mass is 384 g/mol. The Kier molecular flexibility index (Phi) is 3.91. The van der Waals surface area contributed by atoms with E-state index < -0.39 is 0 Å². The Morgan fingerprint density at radius 1 is 1.00 bits per heavy atom. The normalized spacial score (nSPS) is 11.1. The van der Waals surface area contributed by atoms with Gasteiger partial charge in [0.2, 0.25) is 0 Å². The molecule has 0 spiro atoms. The third-order valence-electron chi connectivity index (χ3n) is 4.46. The predicted molar refractivity (Wildman–Crippen MR) is 109 cm³/mol. The van der Waals surface area contributed by atoms with Gasteiger partial charge >= 0.3 is 0 Å². The van der Waals surface area contributed by atoms with Crippen LogP contribution in [0.5, 0.6) is 11.5 Å². The molecule has 5 rings (SSSR count). The number of aromatic nitrogens is 6. The number of hydrogen-bond donors (Lipinski definition) is 2. The highest BCUT2D eigenvalue weighted by atomic mass is 16.5. The quantitative estimate of drug-likeness (QED) is 0.484. The van der Waals surface area contributed by atoms with Gasteiger partial charge in [-0.25, -0.2) is 24.5 Å². The molecule has 0 aliphatic heterocycles. The molecular formula is C20H16N8O. The van der Waals surface area contributed by atoms with Gasteiger partial charge in [-0.05, 0) is 42.8 Å². The predicted octanol–water partition coefficient (Wildman–Crippen LogP) is 3.49. The van der Waals surface area contributed by atoms with E-state index in [9.17, 15) is 0 Å². The maximum absolute atomic E-state index is 6.02. The molecule has 0 radical (unpaired) electrons.